The first-order valence-electron chi connectivity index (χ1n) is 10.8. The van der Waals surface area contributed by atoms with E-state index >= 15 is 0 Å². The van der Waals surface area contributed by atoms with Crippen LogP contribution < -0.4 is 5.73 Å². The van der Waals surface area contributed by atoms with E-state index < -0.39 is 0 Å². The number of allylic oxidation sites excluding steroid dienone is 2. The molecule has 1 fully saturated rings. The van der Waals surface area contributed by atoms with Crippen molar-refractivity contribution in [2.75, 3.05) is 25.4 Å². The normalized spacial score (nSPS) is 17.8. The third kappa shape index (κ3) is 4.85. The SMILES string of the molecule is CCCCc1nc(N)c2c(n1)C(CCCCCN1CCCCC1)=C(C)C2. The van der Waals surface area contributed by atoms with Gasteiger partial charge in [-0.2, -0.15) is 0 Å². The first kappa shape index (κ1) is 19.3. The fourth-order valence-corrected chi connectivity index (χ4v) is 4.32. The number of unbranched alkanes of at least 4 members (excludes halogenated alkanes) is 3. The Morgan fingerprint density at radius 2 is 1.77 bits per heavy atom. The molecule has 4 heteroatoms. The van der Waals surface area contributed by atoms with Gasteiger partial charge < -0.3 is 10.6 Å². The molecule has 1 aliphatic heterocycles. The summed E-state index contributed by atoms with van der Waals surface area (Å²) in [7, 11) is 0. The van der Waals surface area contributed by atoms with Crippen molar-refractivity contribution in [2.45, 2.75) is 84.5 Å². The van der Waals surface area contributed by atoms with Gasteiger partial charge in [-0.05, 0) is 77.1 Å². The number of fused-ring (bicyclic) bond motifs is 1. The number of rotatable bonds is 9. The Kier molecular flexibility index (Phi) is 7.07. The van der Waals surface area contributed by atoms with Gasteiger partial charge in [-0.3, -0.25) is 0 Å². The molecular weight excluding hydrogens is 320 g/mol. The Labute approximate surface area is 159 Å². The van der Waals surface area contributed by atoms with Crippen molar-refractivity contribution >= 4 is 11.4 Å². The van der Waals surface area contributed by atoms with E-state index in [1.165, 1.54) is 81.3 Å². The number of anilines is 1. The number of nitrogen functional groups attached to an aromatic ring is 1. The van der Waals surface area contributed by atoms with Gasteiger partial charge >= 0.3 is 0 Å². The minimum Gasteiger partial charge on any atom is -0.383 e. The van der Waals surface area contributed by atoms with Crippen LogP contribution in [0, 0.1) is 0 Å². The Morgan fingerprint density at radius 3 is 2.54 bits per heavy atom. The van der Waals surface area contributed by atoms with Gasteiger partial charge in [-0.15, -0.1) is 0 Å². The van der Waals surface area contributed by atoms with E-state index in [2.05, 4.69) is 23.7 Å². The van der Waals surface area contributed by atoms with Crippen molar-refractivity contribution in [3.05, 3.63) is 22.7 Å². The molecule has 144 valence electrons. The zero-order valence-electron chi connectivity index (χ0n) is 16.8. The first-order valence-corrected chi connectivity index (χ1v) is 10.8. The summed E-state index contributed by atoms with van der Waals surface area (Å²) >= 11 is 0. The van der Waals surface area contributed by atoms with E-state index in [0.717, 1.165) is 37.2 Å². The van der Waals surface area contributed by atoms with Crippen LogP contribution in [0.5, 0.6) is 0 Å². The summed E-state index contributed by atoms with van der Waals surface area (Å²) in [6.45, 7) is 8.36. The molecule has 0 spiro atoms. The van der Waals surface area contributed by atoms with Crippen LogP contribution in [0.3, 0.4) is 0 Å². The largest absolute Gasteiger partial charge is 0.383 e. The molecular formula is C22H36N4. The molecule has 0 unspecified atom stereocenters. The summed E-state index contributed by atoms with van der Waals surface area (Å²) in [5.41, 5.74) is 11.5. The second-order valence-electron chi connectivity index (χ2n) is 8.10. The molecule has 2 heterocycles. The van der Waals surface area contributed by atoms with Crippen LogP contribution in [-0.4, -0.2) is 34.5 Å². The number of nitrogens with two attached hydrogens (primary N) is 1. The molecule has 0 bridgehead atoms. The van der Waals surface area contributed by atoms with Gasteiger partial charge in [0.15, 0.2) is 0 Å². The number of aromatic nitrogens is 2. The fraction of sp³-hybridized carbons (Fsp3) is 0.727. The smallest absolute Gasteiger partial charge is 0.131 e. The topological polar surface area (TPSA) is 55.0 Å². The van der Waals surface area contributed by atoms with Crippen molar-refractivity contribution < 1.29 is 0 Å². The highest BCUT2D eigenvalue weighted by Gasteiger charge is 2.24. The summed E-state index contributed by atoms with van der Waals surface area (Å²) in [6.07, 6.45) is 13.4. The Balaban J connectivity index is 1.52. The van der Waals surface area contributed by atoms with Crippen molar-refractivity contribution in [1.29, 1.82) is 0 Å². The van der Waals surface area contributed by atoms with E-state index in [4.69, 9.17) is 10.7 Å². The maximum absolute atomic E-state index is 6.24. The molecule has 26 heavy (non-hydrogen) atoms. The Bertz CT molecular complexity index is 629. The molecule has 2 aliphatic rings. The lowest BCUT2D eigenvalue weighted by Gasteiger charge is -2.26. The zero-order valence-corrected chi connectivity index (χ0v) is 16.8. The molecule has 1 aliphatic carbocycles. The van der Waals surface area contributed by atoms with Crippen LogP contribution in [0.25, 0.3) is 5.57 Å². The molecule has 0 radical (unpaired) electrons. The molecule has 4 nitrogen and oxygen atoms in total. The van der Waals surface area contributed by atoms with Gasteiger partial charge in [0.05, 0.1) is 5.69 Å². The van der Waals surface area contributed by atoms with Crippen LogP contribution in [0.4, 0.5) is 5.82 Å². The summed E-state index contributed by atoms with van der Waals surface area (Å²) < 4.78 is 0. The summed E-state index contributed by atoms with van der Waals surface area (Å²) in [5, 5.41) is 0. The molecule has 1 saturated heterocycles. The maximum Gasteiger partial charge on any atom is 0.131 e. The average molecular weight is 357 g/mol. The van der Waals surface area contributed by atoms with E-state index in [-0.39, 0.29) is 0 Å². The predicted molar refractivity (Wildman–Crippen MR) is 110 cm³/mol. The minimum atomic E-state index is 0.709. The molecule has 1 aromatic rings. The van der Waals surface area contributed by atoms with Crippen molar-refractivity contribution in [3.63, 3.8) is 0 Å². The number of hydrogen-bond donors (Lipinski definition) is 1. The van der Waals surface area contributed by atoms with Gasteiger partial charge in [-0.1, -0.05) is 31.8 Å². The fourth-order valence-electron chi connectivity index (χ4n) is 4.32. The lowest BCUT2D eigenvalue weighted by molar-refractivity contribution is 0.224. The third-order valence-corrected chi connectivity index (χ3v) is 5.93. The van der Waals surface area contributed by atoms with E-state index in [9.17, 15) is 0 Å². The molecule has 3 rings (SSSR count). The highest BCUT2D eigenvalue weighted by Crippen LogP contribution is 2.37. The number of aryl methyl sites for hydroxylation is 1. The quantitative estimate of drug-likeness (QED) is 0.647. The van der Waals surface area contributed by atoms with E-state index in [0.29, 0.717) is 5.82 Å². The Hall–Kier alpha value is -1.42. The van der Waals surface area contributed by atoms with Crippen molar-refractivity contribution in [1.82, 2.24) is 14.9 Å². The summed E-state index contributed by atoms with van der Waals surface area (Å²) in [4.78, 5) is 12.1. The molecule has 2 N–H and O–H groups in total. The lowest BCUT2D eigenvalue weighted by atomic mass is 10.0. The molecule has 0 saturated carbocycles. The van der Waals surface area contributed by atoms with Crippen LogP contribution in [-0.2, 0) is 12.8 Å². The van der Waals surface area contributed by atoms with Crippen LogP contribution in [0.15, 0.2) is 5.57 Å². The minimum absolute atomic E-state index is 0.709. The molecule has 1 aromatic heterocycles. The van der Waals surface area contributed by atoms with Gasteiger partial charge in [-0.25, -0.2) is 9.97 Å². The first-order chi connectivity index (χ1) is 12.7. The van der Waals surface area contributed by atoms with Gasteiger partial charge in [0, 0.05) is 12.0 Å². The highest BCUT2D eigenvalue weighted by atomic mass is 15.1. The number of likely N-dealkylation sites (tertiary alicyclic amines) is 1. The van der Waals surface area contributed by atoms with Crippen LogP contribution in [0.1, 0.15) is 88.7 Å². The van der Waals surface area contributed by atoms with Crippen molar-refractivity contribution in [2.24, 2.45) is 0 Å². The van der Waals surface area contributed by atoms with E-state index in [1.807, 2.05) is 0 Å². The highest BCUT2D eigenvalue weighted by molar-refractivity contribution is 5.76. The zero-order chi connectivity index (χ0) is 18.4. The van der Waals surface area contributed by atoms with E-state index in [1.54, 1.807) is 0 Å². The average Bonchev–Trinajstić information content (AvgIpc) is 2.97. The number of nitrogens with zero attached hydrogens (tertiary/aromatic N) is 3. The third-order valence-electron chi connectivity index (χ3n) is 5.93. The predicted octanol–water partition coefficient (Wildman–Crippen LogP) is 4.78. The van der Waals surface area contributed by atoms with Crippen LogP contribution in [0.2, 0.25) is 0 Å². The molecule has 0 amide bonds. The van der Waals surface area contributed by atoms with Gasteiger partial charge in [0.1, 0.15) is 11.6 Å². The second kappa shape index (κ2) is 9.50. The summed E-state index contributed by atoms with van der Waals surface area (Å²) in [6, 6.07) is 0. The van der Waals surface area contributed by atoms with Crippen LogP contribution >= 0.6 is 0 Å². The van der Waals surface area contributed by atoms with Gasteiger partial charge in [0.25, 0.3) is 0 Å². The second-order valence-corrected chi connectivity index (χ2v) is 8.10. The maximum atomic E-state index is 6.24. The monoisotopic (exact) mass is 356 g/mol. The number of hydrogen-bond acceptors (Lipinski definition) is 4. The molecule has 0 aromatic carbocycles. The van der Waals surface area contributed by atoms with Crippen molar-refractivity contribution in [3.8, 4) is 0 Å². The Morgan fingerprint density at radius 1 is 0.962 bits per heavy atom. The lowest BCUT2D eigenvalue weighted by Crippen LogP contribution is -2.30. The standard InChI is InChI=1S/C22H36N4/c1-3-4-12-20-24-21-18(17(2)16-19(21)22(23)25-20)11-7-5-8-13-26-14-9-6-10-15-26/h3-16H2,1-2H3,(H2,23,24,25). The molecule has 0 atom stereocenters. The van der Waals surface area contributed by atoms with Gasteiger partial charge in [0.2, 0.25) is 0 Å². The number of piperidine rings is 1. The summed E-state index contributed by atoms with van der Waals surface area (Å²) in [5.74, 6) is 1.64.